The molecular formula is C13H21NO4. The molecule has 0 spiro atoms. The Hall–Kier alpha value is -1.52. The highest BCUT2D eigenvalue weighted by Crippen LogP contribution is 2.28. The van der Waals surface area contributed by atoms with Gasteiger partial charge in [0.2, 0.25) is 0 Å². The minimum atomic E-state index is -0.884. The van der Waals surface area contributed by atoms with Crippen LogP contribution in [0.4, 0.5) is 4.79 Å². The molecule has 1 aliphatic rings. The quantitative estimate of drug-likeness (QED) is 0.603. The molecule has 18 heavy (non-hydrogen) atoms. The lowest BCUT2D eigenvalue weighted by atomic mass is 9.82. The first kappa shape index (κ1) is 14.5. The fourth-order valence-electron chi connectivity index (χ4n) is 2.40. The Kier molecular flexibility index (Phi) is 5.68. The number of hydrogen-bond donors (Lipinski definition) is 1. The molecule has 5 nitrogen and oxygen atoms in total. The fourth-order valence-corrected chi connectivity index (χ4v) is 2.40. The summed E-state index contributed by atoms with van der Waals surface area (Å²) in [6.07, 6.45) is 2.86. The summed E-state index contributed by atoms with van der Waals surface area (Å²) in [7, 11) is 0. The lowest BCUT2D eigenvalue weighted by Gasteiger charge is -2.33. The number of piperidine rings is 1. The molecule has 0 aromatic heterocycles. The van der Waals surface area contributed by atoms with Crippen molar-refractivity contribution in [2.75, 3.05) is 19.7 Å². The summed E-state index contributed by atoms with van der Waals surface area (Å²) >= 11 is 0. The number of allylic oxidation sites excluding steroid dienone is 1. The van der Waals surface area contributed by atoms with E-state index in [-0.39, 0.29) is 17.8 Å². The third-order valence-electron chi connectivity index (χ3n) is 3.39. The van der Waals surface area contributed by atoms with Crippen molar-refractivity contribution in [3.05, 3.63) is 12.7 Å². The highest BCUT2D eigenvalue weighted by molar-refractivity contribution is 5.73. The summed E-state index contributed by atoms with van der Waals surface area (Å²) < 4.78 is 5.07. The number of carbonyl (C=O) groups excluding carboxylic acids is 1. The van der Waals surface area contributed by atoms with Gasteiger partial charge in [0, 0.05) is 13.1 Å². The van der Waals surface area contributed by atoms with Gasteiger partial charge in [-0.05, 0) is 32.1 Å². The van der Waals surface area contributed by atoms with E-state index in [4.69, 9.17) is 9.84 Å². The molecule has 5 heteroatoms. The van der Waals surface area contributed by atoms with E-state index in [1.54, 1.807) is 13.0 Å². The maximum absolute atomic E-state index is 11.8. The van der Waals surface area contributed by atoms with Crippen LogP contribution in [0.3, 0.4) is 0 Å². The largest absolute Gasteiger partial charge is 0.466 e. The molecule has 1 rings (SSSR count). The monoisotopic (exact) mass is 255 g/mol. The summed E-state index contributed by atoms with van der Waals surface area (Å²) in [4.78, 5) is 24.1. The predicted molar refractivity (Wildman–Crippen MR) is 67.3 cm³/mol. The van der Waals surface area contributed by atoms with Crippen LogP contribution < -0.4 is 0 Å². The van der Waals surface area contributed by atoms with Crippen LogP contribution in [0.25, 0.3) is 0 Å². The van der Waals surface area contributed by atoms with Crippen molar-refractivity contribution in [1.29, 1.82) is 0 Å². The summed E-state index contributed by atoms with van der Waals surface area (Å²) in [5.74, 6) is -0.179. The van der Waals surface area contributed by atoms with E-state index in [1.165, 1.54) is 4.90 Å². The molecule has 1 unspecified atom stereocenters. The van der Waals surface area contributed by atoms with Crippen LogP contribution in [-0.2, 0) is 9.53 Å². The lowest BCUT2D eigenvalue weighted by Crippen LogP contribution is -2.40. The second kappa shape index (κ2) is 7.03. The second-order valence-electron chi connectivity index (χ2n) is 4.49. The zero-order valence-corrected chi connectivity index (χ0v) is 10.8. The van der Waals surface area contributed by atoms with Crippen molar-refractivity contribution in [3.63, 3.8) is 0 Å². The minimum absolute atomic E-state index is 0.182. The predicted octanol–water partition coefficient (Wildman–Crippen LogP) is 2.13. The topological polar surface area (TPSA) is 66.8 Å². The van der Waals surface area contributed by atoms with Gasteiger partial charge in [0.1, 0.15) is 0 Å². The van der Waals surface area contributed by atoms with Crippen molar-refractivity contribution >= 4 is 12.1 Å². The van der Waals surface area contributed by atoms with E-state index >= 15 is 0 Å². The SMILES string of the molecule is C=CCC(C(=O)OCC)C1CCN(C(=O)O)CC1. The van der Waals surface area contributed by atoms with Gasteiger partial charge in [-0.25, -0.2) is 4.79 Å². The number of rotatable bonds is 5. The van der Waals surface area contributed by atoms with Gasteiger partial charge in [0.25, 0.3) is 0 Å². The van der Waals surface area contributed by atoms with Gasteiger partial charge in [-0.3, -0.25) is 4.79 Å². The lowest BCUT2D eigenvalue weighted by molar-refractivity contribution is -0.150. The number of likely N-dealkylation sites (tertiary alicyclic amines) is 1. The van der Waals surface area contributed by atoms with Gasteiger partial charge in [0.05, 0.1) is 12.5 Å². The number of amides is 1. The average Bonchev–Trinajstić information content (AvgIpc) is 2.36. The van der Waals surface area contributed by atoms with Crippen LogP contribution in [0.15, 0.2) is 12.7 Å². The normalized spacial score (nSPS) is 18.2. The van der Waals surface area contributed by atoms with E-state index in [0.29, 0.717) is 39.0 Å². The molecule has 1 saturated heterocycles. The van der Waals surface area contributed by atoms with Gasteiger partial charge in [-0.15, -0.1) is 6.58 Å². The Labute approximate surface area is 107 Å². The molecule has 1 atom stereocenters. The van der Waals surface area contributed by atoms with E-state index in [0.717, 1.165) is 0 Å². The zero-order valence-electron chi connectivity index (χ0n) is 10.8. The third-order valence-corrected chi connectivity index (χ3v) is 3.39. The Morgan fingerprint density at radius 3 is 2.56 bits per heavy atom. The van der Waals surface area contributed by atoms with Crippen LogP contribution in [-0.4, -0.2) is 41.8 Å². The molecule has 1 aliphatic heterocycles. The highest BCUT2D eigenvalue weighted by Gasteiger charge is 2.32. The minimum Gasteiger partial charge on any atom is -0.466 e. The molecule has 102 valence electrons. The number of carboxylic acid groups (broad SMARTS) is 1. The van der Waals surface area contributed by atoms with E-state index in [1.807, 2.05) is 0 Å². The molecule has 1 fully saturated rings. The summed E-state index contributed by atoms with van der Waals surface area (Å²) in [6.45, 7) is 6.82. The van der Waals surface area contributed by atoms with Crippen molar-refractivity contribution in [3.8, 4) is 0 Å². The fraction of sp³-hybridized carbons (Fsp3) is 0.692. The van der Waals surface area contributed by atoms with Crippen LogP contribution in [0, 0.1) is 11.8 Å². The van der Waals surface area contributed by atoms with Crippen molar-refractivity contribution < 1.29 is 19.4 Å². The first-order valence-corrected chi connectivity index (χ1v) is 6.35. The highest BCUT2D eigenvalue weighted by atomic mass is 16.5. The average molecular weight is 255 g/mol. The Bertz CT molecular complexity index is 308. The van der Waals surface area contributed by atoms with Gasteiger partial charge in [-0.2, -0.15) is 0 Å². The van der Waals surface area contributed by atoms with Crippen molar-refractivity contribution in [2.45, 2.75) is 26.2 Å². The van der Waals surface area contributed by atoms with Crippen molar-refractivity contribution in [1.82, 2.24) is 4.90 Å². The van der Waals surface area contributed by atoms with Gasteiger partial charge < -0.3 is 14.7 Å². The third kappa shape index (κ3) is 3.75. The van der Waals surface area contributed by atoms with Gasteiger partial charge >= 0.3 is 12.1 Å². The number of nitrogens with zero attached hydrogens (tertiary/aromatic N) is 1. The molecule has 0 radical (unpaired) electrons. The number of hydrogen-bond acceptors (Lipinski definition) is 3. The van der Waals surface area contributed by atoms with Crippen LogP contribution >= 0.6 is 0 Å². The van der Waals surface area contributed by atoms with E-state index in [2.05, 4.69) is 6.58 Å². The Balaban J connectivity index is 2.57. The molecule has 1 heterocycles. The standard InChI is InChI=1S/C13H21NO4/c1-3-5-11(12(15)18-4-2)10-6-8-14(9-7-10)13(16)17/h3,10-11H,1,4-9H2,2H3,(H,16,17). The van der Waals surface area contributed by atoms with Gasteiger partial charge in [-0.1, -0.05) is 6.08 Å². The maximum atomic E-state index is 11.8. The molecule has 0 aliphatic carbocycles. The van der Waals surface area contributed by atoms with Crippen molar-refractivity contribution in [2.24, 2.45) is 11.8 Å². The second-order valence-corrected chi connectivity index (χ2v) is 4.49. The summed E-state index contributed by atoms with van der Waals surface area (Å²) in [5, 5.41) is 8.88. The van der Waals surface area contributed by atoms with Crippen LogP contribution in [0.2, 0.25) is 0 Å². The molecule has 0 saturated carbocycles. The Morgan fingerprint density at radius 1 is 1.50 bits per heavy atom. The molecule has 1 amide bonds. The van der Waals surface area contributed by atoms with E-state index < -0.39 is 6.09 Å². The molecule has 1 N–H and O–H groups in total. The van der Waals surface area contributed by atoms with Gasteiger partial charge in [0.15, 0.2) is 0 Å². The molecule has 0 aromatic carbocycles. The van der Waals surface area contributed by atoms with E-state index in [9.17, 15) is 9.59 Å². The van der Waals surface area contributed by atoms with Crippen LogP contribution in [0.1, 0.15) is 26.2 Å². The Morgan fingerprint density at radius 2 is 2.11 bits per heavy atom. The number of esters is 1. The first-order chi connectivity index (χ1) is 8.60. The smallest absolute Gasteiger partial charge is 0.407 e. The summed E-state index contributed by atoms with van der Waals surface area (Å²) in [5.41, 5.74) is 0. The zero-order chi connectivity index (χ0) is 13.5. The van der Waals surface area contributed by atoms with Crippen LogP contribution in [0.5, 0.6) is 0 Å². The molecule has 0 bridgehead atoms. The molecule has 0 aromatic rings. The molecular weight excluding hydrogens is 234 g/mol. The number of carbonyl (C=O) groups is 2. The maximum Gasteiger partial charge on any atom is 0.407 e. The first-order valence-electron chi connectivity index (χ1n) is 6.35. The summed E-state index contributed by atoms with van der Waals surface area (Å²) in [6, 6.07) is 0. The number of ether oxygens (including phenoxy) is 1.